The highest BCUT2D eigenvalue weighted by atomic mass is 35.5. The van der Waals surface area contributed by atoms with Crippen molar-refractivity contribution in [2.45, 2.75) is 70.9 Å². The number of aromatic nitrogens is 3. The molecule has 2 aliphatic rings. The van der Waals surface area contributed by atoms with Gasteiger partial charge in [0.2, 0.25) is 0 Å². The third-order valence-electron chi connectivity index (χ3n) is 7.87. The molecule has 2 fully saturated rings. The van der Waals surface area contributed by atoms with E-state index in [9.17, 15) is 14.3 Å². The van der Waals surface area contributed by atoms with E-state index in [4.69, 9.17) is 21.7 Å². The zero-order valence-corrected chi connectivity index (χ0v) is 23.8. The molecule has 0 bridgehead atoms. The van der Waals surface area contributed by atoms with E-state index in [0.717, 1.165) is 38.0 Å². The van der Waals surface area contributed by atoms with Crippen LogP contribution in [0.3, 0.4) is 0 Å². The van der Waals surface area contributed by atoms with E-state index in [1.54, 1.807) is 22.8 Å². The van der Waals surface area contributed by atoms with Crippen LogP contribution in [-0.2, 0) is 5.41 Å². The number of aliphatic hydroxyl groups is 1. The van der Waals surface area contributed by atoms with Crippen LogP contribution >= 0.6 is 11.6 Å². The first-order valence-electron chi connectivity index (χ1n) is 13.3. The van der Waals surface area contributed by atoms with E-state index in [1.165, 1.54) is 6.07 Å². The van der Waals surface area contributed by atoms with Crippen LogP contribution in [-0.4, -0.2) is 72.7 Å². The van der Waals surface area contributed by atoms with Crippen molar-refractivity contribution in [2.24, 2.45) is 5.92 Å². The molecule has 0 spiro atoms. The number of imidazole rings is 1. The summed E-state index contributed by atoms with van der Waals surface area (Å²) in [7, 11) is 0. The molecule has 204 valence electrons. The topological polar surface area (TPSA) is 74.0 Å². The molecule has 1 saturated carbocycles. The van der Waals surface area contributed by atoms with Crippen molar-refractivity contribution in [2.75, 3.05) is 26.2 Å². The summed E-state index contributed by atoms with van der Waals surface area (Å²) in [6.07, 6.45) is 3.37. The molecule has 0 radical (unpaired) electrons. The number of nitrogens with zero attached hydrogens (tertiary/aromatic N) is 5. The SMILES string of the molecule is CC1(O)CC(CN2CCN(C(=O)c3cn4nc(-c5ccc(F)c(Cl)c5)cc(C(C)(C)C)c4n3)C(C)(C)C2)C1. The first kappa shape index (κ1) is 27.0. The van der Waals surface area contributed by atoms with Crippen LogP contribution in [0.15, 0.2) is 30.5 Å². The van der Waals surface area contributed by atoms with Gasteiger partial charge in [0, 0.05) is 37.3 Å². The summed E-state index contributed by atoms with van der Waals surface area (Å²) < 4.78 is 15.4. The molecule has 9 heteroatoms. The second kappa shape index (κ2) is 9.28. The Hall–Kier alpha value is -2.55. The molecule has 1 aromatic carbocycles. The number of amides is 1. The summed E-state index contributed by atoms with van der Waals surface area (Å²) in [6, 6.07) is 6.49. The van der Waals surface area contributed by atoms with Gasteiger partial charge in [-0.2, -0.15) is 5.10 Å². The zero-order chi connectivity index (χ0) is 27.6. The molecular weight excluding hydrogens is 505 g/mol. The van der Waals surface area contributed by atoms with Gasteiger partial charge >= 0.3 is 0 Å². The largest absolute Gasteiger partial charge is 0.390 e. The van der Waals surface area contributed by atoms with Gasteiger partial charge in [-0.1, -0.05) is 32.4 Å². The van der Waals surface area contributed by atoms with Gasteiger partial charge in [-0.3, -0.25) is 9.69 Å². The van der Waals surface area contributed by atoms with Crippen molar-refractivity contribution in [3.8, 4) is 11.3 Å². The van der Waals surface area contributed by atoms with Crippen LogP contribution in [0.5, 0.6) is 0 Å². The Morgan fingerprint density at radius 3 is 2.50 bits per heavy atom. The average Bonchev–Trinajstić information content (AvgIpc) is 3.21. The van der Waals surface area contributed by atoms with Crippen LogP contribution in [0.4, 0.5) is 4.39 Å². The zero-order valence-electron chi connectivity index (χ0n) is 23.1. The Morgan fingerprint density at radius 1 is 1.18 bits per heavy atom. The van der Waals surface area contributed by atoms with Crippen molar-refractivity contribution < 1.29 is 14.3 Å². The van der Waals surface area contributed by atoms with Crippen molar-refractivity contribution >= 4 is 23.2 Å². The van der Waals surface area contributed by atoms with Crippen LogP contribution in [0.25, 0.3) is 16.9 Å². The van der Waals surface area contributed by atoms with Gasteiger partial charge in [-0.15, -0.1) is 0 Å². The van der Waals surface area contributed by atoms with Crippen molar-refractivity contribution in [3.63, 3.8) is 0 Å². The molecule has 1 saturated heterocycles. The minimum absolute atomic E-state index is 0.0345. The lowest BCUT2D eigenvalue weighted by atomic mass is 9.72. The molecule has 1 amide bonds. The highest BCUT2D eigenvalue weighted by molar-refractivity contribution is 6.31. The number of hydrogen-bond donors (Lipinski definition) is 1. The number of benzene rings is 1. The van der Waals surface area contributed by atoms with Gasteiger partial charge < -0.3 is 10.0 Å². The number of piperazine rings is 1. The lowest BCUT2D eigenvalue weighted by molar-refractivity contribution is -0.0733. The Kier molecular flexibility index (Phi) is 6.60. The monoisotopic (exact) mass is 541 g/mol. The molecule has 0 atom stereocenters. The number of carbonyl (C=O) groups excluding carboxylic acids is 1. The predicted octanol–water partition coefficient (Wildman–Crippen LogP) is 5.18. The van der Waals surface area contributed by atoms with Gasteiger partial charge in [-0.05, 0) is 69.2 Å². The van der Waals surface area contributed by atoms with E-state index < -0.39 is 11.4 Å². The van der Waals surface area contributed by atoms with Crippen LogP contribution in [0.2, 0.25) is 5.02 Å². The number of carbonyl (C=O) groups is 1. The summed E-state index contributed by atoms with van der Waals surface area (Å²) in [4.78, 5) is 22.9. The van der Waals surface area contributed by atoms with Gasteiger partial charge in [0.05, 0.1) is 28.1 Å². The fourth-order valence-corrected chi connectivity index (χ4v) is 6.21. The molecule has 0 unspecified atom stereocenters. The van der Waals surface area contributed by atoms with E-state index >= 15 is 0 Å². The standard InChI is InChI=1S/C29H37ClFN5O2/c1-27(2,3)20-12-23(19-7-8-22(31)21(30)11-19)33-36-16-24(32-25(20)36)26(37)35-10-9-34(17-28(35,4)5)15-18-13-29(6,38)14-18/h7-8,11-12,16,18,38H,9-10,13-15,17H2,1-6H3. The molecule has 2 aromatic heterocycles. The van der Waals surface area contributed by atoms with Crippen LogP contribution in [0.1, 0.15) is 70.4 Å². The Bertz CT molecular complexity index is 1390. The van der Waals surface area contributed by atoms with E-state index in [2.05, 4.69) is 39.5 Å². The van der Waals surface area contributed by atoms with Gasteiger partial charge in [-0.25, -0.2) is 13.9 Å². The smallest absolute Gasteiger partial charge is 0.274 e. The third kappa shape index (κ3) is 5.18. The molecule has 1 aliphatic carbocycles. The summed E-state index contributed by atoms with van der Waals surface area (Å²) in [5, 5.41) is 14.8. The number of hydrogen-bond acceptors (Lipinski definition) is 5. The summed E-state index contributed by atoms with van der Waals surface area (Å²) in [6.45, 7) is 15.5. The fourth-order valence-electron chi connectivity index (χ4n) is 6.03. The van der Waals surface area contributed by atoms with E-state index in [0.29, 0.717) is 35.1 Å². The predicted molar refractivity (Wildman–Crippen MR) is 147 cm³/mol. The molecule has 38 heavy (non-hydrogen) atoms. The molecule has 3 aromatic rings. The number of rotatable bonds is 4. The first-order valence-corrected chi connectivity index (χ1v) is 13.6. The molecule has 7 nitrogen and oxygen atoms in total. The molecule has 5 rings (SSSR count). The average molecular weight is 542 g/mol. The highest BCUT2D eigenvalue weighted by Crippen LogP contribution is 2.38. The van der Waals surface area contributed by atoms with Crippen LogP contribution in [0, 0.1) is 11.7 Å². The third-order valence-corrected chi connectivity index (χ3v) is 8.16. The second-order valence-corrected chi connectivity index (χ2v) is 13.4. The molecule has 1 aliphatic heterocycles. The summed E-state index contributed by atoms with van der Waals surface area (Å²) >= 11 is 6.05. The van der Waals surface area contributed by atoms with Gasteiger partial charge in [0.25, 0.3) is 5.91 Å². The normalized spacial score (nSPS) is 24.0. The maximum Gasteiger partial charge on any atom is 0.274 e. The molecule has 3 heterocycles. The fraction of sp³-hybridized carbons (Fsp3) is 0.552. The number of fused-ring (bicyclic) bond motifs is 1. The van der Waals surface area contributed by atoms with Crippen molar-refractivity contribution in [1.82, 2.24) is 24.4 Å². The van der Waals surface area contributed by atoms with E-state index in [-0.39, 0.29) is 21.9 Å². The van der Waals surface area contributed by atoms with Gasteiger partial charge in [0.15, 0.2) is 5.65 Å². The molecular formula is C29H37ClFN5O2. The lowest BCUT2D eigenvalue weighted by Crippen LogP contribution is -2.62. The minimum Gasteiger partial charge on any atom is -0.390 e. The first-order chi connectivity index (χ1) is 17.6. The van der Waals surface area contributed by atoms with Crippen LogP contribution < -0.4 is 0 Å². The maximum atomic E-state index is 13.8. The lowest BCUT2D eigenvalue weighted by Gasteiger charge is -2.50. The second-order valence-electron chi connectivity index (χ2n) is 13.0. The summed E-state index contributed by atoms with van der Waals surface area (Å²) in [5.41, 5.74) is 2.08. The summed E-state index contributed by atoms with van der Waals surface area (Å²) in [5.74, 6) is -0.0862. The van der Waals surface area contributed by atoms with Gasteiger partial charge in [0.1, 0.15) is 11.5 Å². The number of halogens is 2. The minimum atomic E-state index is -0.524. The Balaban J connectivity index is 1.42. The Labute approximate surface area is 228 Å². The van der Waals surface area contributed by atoms with Crippen molar-refractivity contribution in [1.29, 1.82) is 0 Å². The Morgan fingerprint density at radius 2 is 1.89 bits per heavy atom. The maximum absolute atomic E-state index is 13.8. The molecule has 1 N–H and O–H groups in total. The quantitative estimate of drug-likeness (QED) is 0.492. The highest BCUT2D eigenvalue weighted by Gasteiger charge is 2.42. The van der Waals surface area contributed by atoms with Crippen molar-refractivity contribution in [3.05, 3.63) is 52.6 Å². The van der Waals surface area contributed by atoms with E-state index in [1.807, 2.05) is 17.9 Å².